The van der Waals surface area contributed by atoms with Crippen LogP contribution in [0.4, 0.5) is 4.39 Å². The van der Waals surface area contributed by atoms with E-state index in [4.69, 9.17) is 4.74 Å². The molecule has 1 aliphatic heterocycles. The molecular formula is C14H19FN2O2. The normalized spacial score (nSPS) is 20.2. The van der Waals surface area contributed by atoms with Crippen LogP contribution in [0.3, 0.4) is 0 Å². The number of rotatable bonds is 4. The second kappa shape index (κ2) is 6.61. The van der Waals surface area contributed by atoms with Crippen molar-refractivity contribution in [1.29, 1.82) is 0 Å². The fourth-order valence-electron chi connectivity index (χ4n) is 2.45. The predicted octanol–water partition coefficient (Wildman–Crippen LogP) is 2.00. The van der Waals surface area contributed by atoms with Gasteiger partial charge < -0.3 is 4.74 Å². The second-order valence-corrected chi connectivity index (χ2v) is 4.81. The van der Waals surface area contributed by atoms with Crippen molar-refractivity contribution in [3.63, 3.8) is 0 Å². The van der Waals surface area contributed by atoms with Crippen LogP contribution < -0.4 is 0 Å². The van der Waals surface area contributed by atoms with Crippen LogP contribution in [-0.4, -0.2) is 35.5 Å². The van der Waals surface area contributed by atoms with Crippen LogP contribution in [-0.2, 0) is 16.1 Å². The molecule has 1 unspecified atom stereocenters. The van der Waals surface area contributed by atoms with Crippen LogP contribution in [0.5, 0.6) is 0 Å². The Labute approximate surface area is 112 Å². The van der Waals surface area contributed by atoms with Gasteiger partial charge in [-0.15, -0.1) is 0 Å². The zero-order valence-corrected chi connectivity index (χ0v) is 11.1. The monoisotopic (exact) mass is 266 g/mol. The van der Waals surface area contributed by atoms with Crippen LogP contribution >= 0.6 is 0 Å². The van der Waals surface area contributed by atoms with Crippen molar-refractivity contribution in [3.05, 3.63) is 29.8 Å². The van der Waals surface area contributed by atoms with Crippen molar-refractivity contribution in [2.24, 2.45) is 5.92 Å². The molecule has 2 heterocycles. The quantitative estimate of drug-likeness (QED) is 0.617. The van der Waals surface area contributed by atoms with Crippen molar-refractivity contribution in [1.82, 2.24) is 9.88 Å². The van der Waals surface area contributed by atoms with Gasteiger partial charge >= 0.3 is 5.97 Å². The van der Waals surface area contributed by atoms with E-state index < -0.39 is 5.95 Å². The van der Waals surface area contributed by atoms with E-state index >= 15 is 0 Å². The molecule has 1 aromatic heterocycles. The Bertz CT molecular complexity index is 439. The van der Waals surface area contributed by atoms with Gasteiger partial charge in [0.2, 0.25) is 5.95 Å². The summed E-state index contributed by atoms with van der Waals surface area (Å²) in [6, 6.07) is 3.24. The van der Waals surface area contributed by atoms with Crippen molar-refractivity contribution < 1.29 is 13.9 Å². The molecule has 104 valence electrons. The van der Waals surface area contributed by atoms with Crippen LogP contribution in [0, 0.1) is 11.9 Å². The maximum absolute atomic E-state index is 13.0. The molecule has 1 saturated heterocycles. The van der Waals surface area contributed by atoms with Crippen molar-refractivity contribution in [3.8, 4) is 0 Å². The van der Waals surface area contributed by atoms with Crippen LogP contribution in [0.1, 0.15) is 25.3 Å². The van der Waals surface area contributed by atoms with E-state index in [9.17, 15) is 9.18 Å². The minimum absolute atomic E-state index is 0.0552. The molecule has 2 rings (SSSR count). The Kier molecular flexibility index (Phi) is 4.85. The van der Waals surface area contributed by atoms with E-state index in [1.165, 1.54) is 12.3 Å². The second-order valence-electron chi connectivity index (χ2n) is 4.81. The molecule has 0 radical (unpaired) electrons. The fraction of sp³-hybridized carbons (Fsp3) is 0.571. The highest BCUT2D eigenvalue weighted by Crippen LogP contribution is 2.19. The van der Waals surface area contributed by atoms with Gasteiger partial charge in [-0.1, -0.05) is 0 Å². The van der Waals surface area contributed by atoms with Crippen LogP contribution in [0.15, 0.2) is 18.3 Å². The summed E-state index contributed by atoms with van der Waals surface area (Å²) in [5.74, 6) is -0.634. The largest absolute Gasteiger partial charge is 0.466 e. The summed E-state index contributed by atoms with van der Waals surface area (Å²) in [7, 11) is 0. The molecule has 0 saturated carbocycles. The lowest BCUT2D eigenvalue weighted by atomic mass is 9.98. The molecule has 1 aromatic rings. The Balaban J connectivity index is 1.92. The summed E-state index contributed by atoms with van der Waals surface area (Å²) in [6.45, 7) is 4.50. The highest BCUT2D eigenvalue weighted by atomic mass is 19.1. The molecule has 1 fully saturated rings. The molecule has 0 amide bonds. The van der Waals surface area contributed by atoms with Gasteiger partial charge in [-0.25, -0.2) is 4.98 Å². The summed E-state index contributed by atoms with van der Waals surface area (Å²) in [6.07, 6.45) is 3.31. The number of carbonyl (C=O) groups is 1. The number of esters is 1. The number of ether oxygens (including phenoxy) is 1. The summed E-state index contributed by atoms with van der Waals surface area (Å²) < 4.78 is 18.1. The Morgan fingerprint density at radius 3 is 3.21 bits per heavy atom. The van der Waals surface area contributed by atoms with E-state index in [1.54, 1.807) is 6.07 Å². The lowest BCUT2D eigenvalue weighted by Gasteiger charge is -2.31. The topological polar surface area (TPSA) is 42.4 Å². The molecule has 0 N–H and O–H groups in total. The number of carbonyl (C=O) groups excluding carboxylic acids is 1. The number of likely N-dealkylation sites (tertiary alicyclic amines) is 1. The van der Waals surface area contributed by atoms with Gasteiger partial charge in [0.15, 0.2) is 0 Å². The van der Waals surface area contributed by atoms with Crippen LogP contribution in [0.25, 0.3) is 0 Å². The molecule has 1 atom stereocenters. The molecule has 0 aromatic carbocycles. The molecule has 0 bridgehead atoms. The molecule has 0 aliphatic carbocycles. The molecule has 5 heteroatoms. The van der Waals surface area contributed by atoms with E-state index in [2.05, 4.69) is 9.88 Å². The molecule has 0 spiro atoms. The van der Waals surface area contributed by atoms with E-state index in [0.29, 0.717) is 19.7 Å². The van der Waals surface area contributed by atoms with Crippen molar-refractivity contribution in [2.75, 3.05) is 19.7 Å². The van der Waals surface area contributed by atoms with Gasteiger partial charge in [0.05, 0.1) is 12.5 Å². The Morgan fingerprint density at radius 2 is 2.47 bits per heavy atom. The van der Waals surface area contributed by atoms with Gasteiger partial charge in [-0.3, -0.25) is 9.69 Å². The van der Waals surface area contributed by atoms with E-state index in [0.717, 1.165) is 24.9 Å². The fourth-order valence-corrected chi connectivity index (χ4v) is 2.45. The number of hydrogen-bond acceptors (Lipinski definition) is 4. The maximum Gasteiger partial charge on any atom is 0.310 e. The lowest BCUT2D eigenvalue weighted by Crippen LogP contribution is -2.38. The van der Waals surface area contributed by atoms with E-state index in [1.807, 2.05) is 6.92 Å². The third-order valence-electron chi connectivity index (χ3n) is 3.32. The van der Waals surface area contributed by atoms with Crippen molar-refractivity contribution >= 4 is 5.97 Å². The zero-order valence-electron chi connectivity index (χ0n) is 11.1. The summed E-state index contributed by atoms with van der Waals surface area (Å²) >= 11 is 0. The first-order valence-electron chi connectivity index (χ1n) is 6.68. The highest BCUT2D eigenvalue weighted by Gasteiger charge is 2.26. The van der Waals surface area contributed by atoms with Crippen LogP contribution in [0.2, 0.25) is 0 Å². The first-order valence-corrected chi connectivity index (χ1v) is 6.68. The third kappa shape index (κ3) is 3.99. The molecule has 1 aliphatic rings. The van der Waals surface area contributed by atoms with Gasteiger partial charge in [0.25, 0.3) is 0 Å². The number of piperidine rings is 1. The minimum atomic E-state index is -0.462. The standard InChI is InChI=1S/C14H19FN2O2/c1-2-19-14(18)12-4-3-7-17(10-12)9-11-5-6-16-13(15)8-11/h5-6,8,12H,2-4,7,9-10H2,1H3. The zero-order chi connectivity index (χ0) is 13.7. The Hall–Kier alpha value is -1.49. The Morgan fingerprint density at radius 1 is 1.63 bits per heavy atom. The predicted molar refractivity (Wildman–Crippen MR) is 68.8 cm³/mol. The first kappa shape index (κ1) is 13.9. The van der Waals surface area contributed by atoms with E-state index in [-0.39, 0.29) is 11.9 Å². The molecule has 19 heavy (non-hydrogen) atoms. The summed E-state index contributed by atoms with van der Waals surface area (Å²) in [5, 5.41) is 0. The number of pyridine rings is 1. The molecular weight excluding hydrogens is 247 g/mol. The van der Waals surface area contributed by atoms with Gasteiger partial charge in [-0.05, 0) is 44.0 Å². The van der Waals surface area contributed by atoms with Gasteiger partial charge in [-0.2, -0.15) is 4.39 Å². The SMILES string of the molecule is CCOC(=O)C1CCCN(Cc2ccnc(F)c2)C1. The first-order chi connectivity index (χ1) is 9.19. The molecule has 4 nitrogen and oxygen atoms in total. The van der Waals surface area contributed by atoms with Crippen molar-refractivity contribution in [2.45, 2.75) is 26.3 Å². The average molecular weight is 266 g/mol. The number of nitrogens with zero attached hydrogens (tertiary/aromatic N) is 2. The number of halogens is 1. The highest BCUT2D eigenvalue weighted by molar-refractivity contribution is 5.72. The maximum atomic E-state index is 13.0. The number of hydrogen-bond donors (Lipinski definition) is 0. The van der Waals surface area contributed by atoms with Gasteiger partial charge in [0, 0.05) is 19.3 Å². The van der Waals surface area contributed by atoms with Gasteiger partial charge in [0.1, 0.15) is 0 Å². The average Bonchev–Trinajstić information content (AvgIpc) is 2.39. The smallest absolute Gasteiger partial charge is 0.310 e. The summed E-state index contributed by atoms with van der Waals surface area (Å²) in [5.41, 5.74) is 0.886. The third-order valence-corrected chi connectivity index (χ3v) is 3.32. The summed E-state index contributed by atoms with van der Waals surface area (Å²) in [4.78, 5) is 17.4. The lowest BCUT2D eigenvalue weighted by molar-refractivity contribution is -0.150. The minimum Gasteiger partial charge on any atom is -0.466 e. The number of aromatic nitrogens is 1.